The highest BCUT2D eigenvalue weighted by atomic mass is 35.5. The monoisotopic (exact) mass is 616 g/mol. The van der Waals surface area contributed by atoms with Crippen molar-refractivity contribution in [3.8, 4) is 23.0 Å². The Labute approximate surface area is 248 Å². The fraction of sp³-hybridized carbons (Fsp3) is 0.310. The van der Waals surface area contributed by atoms with Gasteiger partial charge in [0.05, 0.1) is 39.6 Å². The lowest BCUT2D eigenvalue weighted by molar-refractivity contribution is 0.143. The van der Waals surface area contributed by atoms with Gasteiger partial charge in [-0.2, -0.15) is 5.10 Å². The van der Waals surface area contributed by atoms with Crippen LogP contribution in [0.2, 0.25) is 5.02 Å². The third-order valence-electron chi connectivity index (χ3n) is 6.24. The van der Waals surface area contributed by atoms with Gasteiger partial charge in [0.1, 0.15) is 22.9 Å². The lowest BCUT2D eigenvalue weighted by atomic mass is 9.93. The first-order valence-electron chi connectivity index (χ1n) is 12.7. The minimum atomic E-state index is -3.68. The molecule has 0 bridgehead atoms. The second-order valence-corrected chi connectivity index (χ2v) is 12.9. The normalized spacial score (nSPS) is 12.6. The number of aliphatic hydroxyl groups is 1. The fourth-order valence-electron chi connectivity index (χ4n) is 4.58. The number of benzene rings is 2. The molecule has 42 heavy (non-hydrogen) atoms. The van der Waals surface area contributed by atoms with E-state index in [4.69, 9.17) is 22.3 Å². The molecule has 222 valence electrons. The van der Waals surface area contributed by atoms with E-state index in [-0.39, 0.29) is 17.3 Å². The highest BCUT2D eigenvalue weighted by Gasteiger charge is 2.25. The summed E-state index contributed by atoms with van der Waals surface area (Å²) in [6.07, 6.45) is 1.05. The number of rotatable bonds is 7. The summed E-state index contributed by atoms with van der Waals surface area (Å²) in [6.45, 7) is 3.09. The van der Waals surface area contributed by atoms with E-state index in [2.05, 4.69) is 21.7 Å². The van der Waals surface area contributed by atoms with Gasteiger partial charge in [0.15, 0.2) is 5.82 Å². The van der Waals surface area contributed by atoms with Crippen molar-refractivity contribution in [1.82, 2.24) is 14.8 Å². The summed E-state index contributed by atoms with van der Waals surface area (Å²) in [7, 11) is 1.58. The third kappa shape index (κ3) is 6.99. The molecule has 2 heterocycles. The Morgan fingerprint density at radius 2 is 1.81 bits per heavy atom. The van der Waals surface area contributed by atoms with E-state index >= 15 is 0 Å². The molecule has 4 rings (SSSR count). The van der Waals surface area contributed by atoms with Crippen LogP contribution in [0.4, 0.5) is 20.3 Å². The van der Waals surface area contributed by atoms with Crippen molar-refractivity contribution in [3.05, 3.63) is 70.0 Å². The molecule has 0 amide bonds. The van der Waals surface area contributed by atoms with E-state index < -0.39 is 33.3 Å². The van der Waals surface area contributed by atoms with E-state index in [0.29, 0.717) is 44.7 Å². The topological polar surface area (TPSA) is 126 Å². The van der Waals surface area contributed by atoms with Crippen molar-refractivity contribution in [2.24, 2.45) is 12.8 Å². The number of anilines is 2. The number of hydrogen-bond donors (Lipinski definition) is 3. The number of halogens is 3. The molecule has 0 radical (unpaired) electrons. The molecule has 0 fully saturated rings. The highest BCUT2D eigenvalue weighted by molar-refractivity contribution is 7.92. The van der Waals surface area contributed by atoms with Gasteiger partial charge in [-0.15, -0.1) is 0 Å². The third-order valence-corrected chi connectivity index (χ3v) is 7.12. The van der Waals surface area contributed by atoms with Crippen LogP contribution in [0.5, 0.6) is 0 Å². The minimum Gasteiger partial charge on any atom is -0.378 e. The minimum absolute atomic E-state index is 0.0390. The van der Waals surface area contributed by atoms with Gasteiger partial charge in [-0.05, 0) is 56.0 Å². The lowest BCUT2D eigenvalue weighted by Crippen LogP contribution is -2.20. The van der Waals surface area contributed by atoms with Crippen LogP contribution in [0.15, 0.2) is 36.4 Å². The summed E-state index contributed by atoms with van der Waals surface area (Å²) in [5.41, 5.74) is 8.63. The Hall–Kier alpha value is -3.76. The zero-order valence-electron chi connectivity index (χ0n) is 23.9. The number of nitrogens with two attached hydrogens (primary N) is 1. The lowest BCUT2D eigenvalue weighted by Gasteiger charge is -2.22. The SMILES string of the molecule is CN(C)c1cc(-c2ccc(Cl)c3c(NS(C)(=O)=O)nn(C)c23)c([C@@H](N)Cc2cc(F)cc(F)c2)nc1C#CC(C)(C)O. The van der Waals surface area contributed by atoms with E-state index in [1.807, 2.05) is 6.07 Å². The molecule has 1 atom stereocenters. The molecule has 0 aliphatic heterocycles. The van der Waals surface area contributed by atoms with Crippen LogP contribution in [0.25, 0.3) is 22.0 Å². The van der Waals surface area contributed by atoms with Gasteiger partial charge in [-0.25, -0.2) is 22.2 Å². The average Bonchev–Trinajstić information content (AvgIpc) is 3.16. The summed E-state index contributed by atoms with van der Waals surface area (Å²) in [4.78, 5) is 6.63. The van der Waals surface area contributed by atoms with Gasteiger partial charge in [0.25, 0.3) is 0 Å². The molecule has 4 N–H and O–H groups in total. The Bertz CT molecular complexity index is 1840. The number of pyridine rings is 1. The Kier molecular flexibility index (Phi) is 8.53. The molecule has 0 unspecified atom stereocenters. The van der Waals surface area contributed by atoms with Crippen LogP contribution < -0.4 is 15.4 Å². The number of nitrogens with one attached hydrogen (secondary N) is 1. The number of hydrogen-bond acceptors (Lipinski definition) is 7. The number of aryl methyl sites for hydroxylation is 1. The Balaban J connectivity index is 2.03. The molecule has 0 aliphatic carbocycles. The molecule has 0 saturated heterocycles. The second-order valence-electron chi connectivity index (χ2n) is 10.7. The summed E-state index contributed by atoms with van der Waals surface area (Å²) in [6, 6.07) is 7.52. The molecule has 2 aromatic heterocycles. The molecule has 9 nitrogen and oxygen atoms in total. The first-order chi connectivity index (χ1) is 19.4. The van der Waals surface area contributed by atoms with Crippen molar-refractivity contribution >= 4 is 44.0 Å². The maximum atomic E-state index is 14.0. The van der Waals surface area contributed by atoms with Crippen molar-refractivity contribution in [2.45, 2.75) is 31.9 Å². The largest absolute Gasteiger partial charge is 0.378 e. The number of sulfonamides is 1. The summed E-state index contributed by atoms with van der Waals surface area (Å²) >= 11 is 6.54. The Morgan fingerprint density at radius 3 is 2.38 bits per heavy atom. The first-order valence-corrected chi connectivity index (χ1v) is 15.0. The number of aromatic nitrogens is 3. The predicted molar refractivity (Wildman–Crippen MR) is 162 cm³/mol. The van der Waals surface area contributed by atoms with Gasteiger partial charge in [0, 0.05) is 38.3 Å². The summed E-state index contributed by atoms with van der Waals surface area (Å²) < 4.78 is 56.0. The standard InChI is InChI=1S/C29H31ClF2N6O3S/c1-29(2,39)10-9-23-24(37(3)4)15-20(26(34-23)22(33)13-16-11-17(31)14-18(32)12-16)19-7-8-21(30)25-27(19)38(5)35-28(25)36-42(6,40)41/h7-8,11-12,14-15,22,39H,13,33H2,1-6H3,(H,35,36)/t22-/m0/s1. The van der Waals surface area contributed by atoms with Crippen LogP contribution in [0, 0.1) is 23.5 Å². The Morgan fingerprint density at radius 1 is 1.17 bits per heavy atom. The maximum absolute atomic E-state index is 14.0. The quantitative estimate of drug-likeness (QED) is 0.263. The highest BCUT2D eigenvalue weighted by Crippen LogP contribution is 2.41. The summed E-state index contributed by atoms with van der Waals surface area (Å²) in [5.74, 6) is 4.30. The molecular weight excluding hydrogens is 586 g/mol. The van der Waals surface area contributed by atoms with Crippen LogP contribution in [0.3, 0.4) is 0 Å². The van der Waals surface area contributed by atoms with Crippen molar-refractivity contribution in [3.63, 3.8) is 0 Å². The van der Waals surface area contributed by atoms with Crippen LogP contribution >= 0.6 is 11.6 Å². The maximum Gasteiger partial charge on any atom is 0.231 e. The zero-order valence-corrected chi connectivity index (χ0v) is 25.5. The van der Waals surface area contributed by atoms with E-state index in [1.54, 1.807) is 52.0 Å². The first kappa shape index (κ1) is 31.2. The average molecular weight is 617 g/mol. The van der Waals surface area contributed by atoms with Crippen LogP contribution in [-0.4, -0.2) is 54.2 Å². The van der Waals surface area contributed by atoms with Gasteiger partial charge in [-0.3, -0.25) is 9.40 Å². The second kappa shape index (κ2) is 11.5. The van der Waals surface area contributed by atoms with Crippen molar-refractivity contribution in [2.75, 3.05) is 30.0 Å². The van der Waals surface area contributed by atoms with E-state index in [0.717, 1.165) is 12.3 Å². The molecular formula is C29H31ClF2N6O3S. The zero-order chi connectivity index (χ0) is 31.1. The molecule has 0 aliphatic rings. The molecule has 2 aromatic carbocycles. The van der Waals surface area contributed by atoms with E-state index in [1.165, 1.54) is 16.8 Å². The molecule has 4 aromatic rings. The molecule has 13 heteroatoms. The van der Waals surface area contributed by atoms with Gasteiger partial charge < -0.3 is 15.7 Å². The predicted octanol–water partition coefficient (Wildman–Crippen LogP) is 4.37. The summed E-state index contributed by atoms with van der Waals surface area (Å²) in [5, 5.41) is 15.2. The number of fused-ring (bicyclic) bond motifs is 1. The van der Waals surface area contributed by atoms with Crippen molar-refractivity contribution in [1.29, 1.82) is 0 Å². The molecule has 0 saturated carbocycles. The van der Waals surface area contributed by atoms with Crippen LogP contribution in [0.1, 0.15) is 36.8 Å². The molecule has 0 spiro atoms. The van der Waals surface area contributed by atoms with Crippen molar-refractivity contribution < 1.29 is 22.3 Å². The van der Waals surface area contributed by atoms with Gasteiger partial charge in [0.2, 0.25) is 10.0 Å². The fourth-order valence-corrected chi connectivity index (χ4v) is 5.32. The van der Waals surface area contributed by atoms with Gasteiger partial charge in [-0.1, -0.05) is 23.6 Å². The van der Waals surface area contributed by atoms with Gasteiger partial charge >= 0.3 is 0 Å². The van der Waals surface area contributed by atoms with Crippen LogP contribution in [-0.2, 0) is 23.5 Å². The smallest absolute Gasteiger partial charge is 0.231 e. The number of nitrogens with zero attached hydrogens (tertiary/aromatic N) is 4. The van der Waals surface area contributed by atoms with E-state index in [9.17, 15) is 22.3 Å².